The van der Waals surface area contributed by atoms with Crippen LogP contribution in [-0.2, 0) is 36.9 Å². The van der Waals surface area contributed by atoms with Gasteiger partial charge in [-0.3, -0.25) is 19.3 Å². The SMILES string of the molecule is CC(NC(=O)OCc1ccccc1)C(=O)NC(C)C(=O)N(C(=O)CCC(O)C(N)Cc1ccccc1)C(C(=O)O)C(C)C. The number of aliphatic hydroxyl groups excluding tert-OH is 1. The number of ether oxygens (including phenoxy) is 1. The molecule has 2 aromatic rings. The molecule has 0 bridgehead atoms. The topological polar surface area (TPSA) is 188 Å². The first-order valence-corrected chi connectivity index (χ1v) is 14.2. The van der Waals surface area contributed by atoms with E-state index in [1.807, 2.05) is 36.4 Å². The van der Waals surface area contributed by atoms with Crippen molar-refractivity contribution in [3.05, 3.63) is 71.8 Å². The number of nitrogens with two attached hydrogens (primary N) is 1. The van der Waals surface area contributed by atoms with Crippen molar-refractivity contribution in [3.63, 3.8) is 0 Å². The number of hydrogen-bond acceptors (Lipinski definition) is 8. The number of aliphatic hydroxyl groups is 1. The Morgan fingerprint density at radius 2 is 1.42 bits per heavy atom. The number of rotatable bonds is 15. The molecular weight excluding hydrogens is 556 g/mol. The highest BCUT2D eigenvalue weighted by atomic mass is 16.5. The van der Waals surface area contributed by atoms with Gasteiger partial charge in [0.05, 0.1) is 6.10 Å². The first-order valence-electron chi connectivity index (χ1n) is 14.2. The van der Waals surface area contributed by atoms with Gasteiger partial charge in [-0.25, -0.2) is 9.59 Å². The van der Waals surface area contributed by atoms with Gasteiger partial charge in [0.15, 0.2) is 0 Å². The van der Waals surface area contributed by atoms with E-state index in [2.05, 4.69) is 10.6 Å². The Hall–Kier alpha value is -4.29. The molecule has 0 saturated carbocycles. The van der Waals surface area contributed by atoms with Crippen LogP contribution in [0.2, 0.25) is 0 Å². The fourth-order valence-electron chi connectivity index (χ4n) is 4.35. The highest BCUT2D eigenvalue weighted by Crippen LogP contribution is 2.17. The summed E-state index contributed by atoms with van der Waals surface area (Å²) in [4.78, 5) is 64.3. The first-order chi connectivity index (χ1) is 20.3. The van der Waals surface area contributed by atoms with E-state index in [1.165, 1.54) is 13.8 Å². The lowest BCUT2D eigenvalue weighted by Crippen LogP contribution is -2.58. The van der Waals surface area contributed by atoms with E-state index in [0.29, 0.717) is 11.3 Å². The molecule has 5 atom stereocenters. The van der Waals surface area contributed by atoms with Crippen molar-refractivity contribution in [3.8, 4) is 0 Å². The largest absolute Gasteiger partial charge is 0.480 e. The number of carbonyl (C=O) groups is 5. The molecule has 234 valence electrons. The number of aliphatic carboxylic acids is 1. The van der Waals surface area contributed by atoms with Crippen LogP contribution in [0.3, 0.4) is 0 Å². The van der Waals surface area contributed by atoms with Crippen LogP contribution in [0, 0.1) is 5.92 Å². The zero-order chi connectivity index (χ0) is 32.1. The van der Waals surface area contributed by atoms with Crippen LogP contribution >= 0.6 is 0 Å². The Morgan fingerprint density at radius 3 is 1.95 bits per heavy atom. The summed E-state index contributed by atoms with van der Waals surface area (Å²) >= 11 is 0. The molecule has 12 nitrogen and oxygen atoms in total. The molecule has 6 N–H and O–H groups in total. The number of benzene rings is 2. The maximum absolute atomic E-state index is 13.4. The molecule has 0 heterocycles. The van der Waals surface area contributed by atoms with E-state index in [4.69, 9.17) is 10.5 Å². The number of alkyl carbamates (subject to hydrolysis) is 1. The van der Waals surface area contributed by atoms with Crippen molar-refractivity contribution in [2.24, 2.45) is 11.7 Å². The summed E-state index contributed by atoms with van der Waals surface area (Å²) in [5.41, 5.74) is 7.78. The lowest BCUT2D eigenvalue weighted by atomic mass is 9.97. The van der Waals surface area contributed by atoms with Gasteiger partial charge in [0.25, 0.3) is 5.91 Å². The van der Waals surface area contributed by atoms with Gasteiger partial charge in [-0.15, -0.1) is 0 Å². The number of carbonyl (C=O) groups excluding carboxylic acids is 4. The molecule has 0 saturated heterocycles. The Labute approximate surface area is 251 Å². The van der Waals surface area contributed by atoms with Crippen molar-refractivity contribution in [2.45, 2.75) is 83.8 Å². The number of nitrogens with zero attached hydrogens (tertiary/aromatic N) is 1. The number of imide groups is 1. The molecule has 2 rings (SSSR count). The minimum absolute atomic E-state index is 0.00932. The summed E-state index contributed by atoms with van der Waals surface area (Å²) in [6, 6.07) is 13.6. The van der Waals surface area contributed by atoms with Crippen LogP contribution in [0.15, 0.2) is 60.7 Å². The van der Waals surface area contributed by atoms with Crippen molar-refractivity contribution >= 4 is 29.8 Å². The van der Waals surface area contributed by atoms with E-state index in [-0.39, 0.29) is 19.4 Å². The van der Waals surface area contributed by atoms with E-state index in [1.54, 1.807) is 38.1 Å². The minimum atomic E-state index is -1.52. The maximum atomic E-state index is 13.4. The summed E-state index contributed by atoms with van der Waals surface area (Å²) in [5, 5.41) is 25.2. The Bertz CT molecular complexity index is 1220. The summed E-state index contributed by atoms with van der Waals surface area (Å²) in [5.74, 6) is -4.56. The average Bonchev–Trinajstić information content (AvgIpc) is 2.97. The molecule has 0 aliphatic rings. The van der Waals surface area contributed by atoms with Crippen LogP contribution < -0.4 is 16.4 Å². The lowest BCUT2D eigenvalue weighted by Gasteiger charge is -2.32. The third kappa shape index (κ3) is 11.1. The Morgan fingerprint density at radius 1 is 0.860 bits per heavy atom. The molecule has 0 aliphatic carbocycles. The first kappa shape index (κ1) is 34.9. The van der Waals surface area contributed by atoms with Crippen LogP contribution in [0.1, 0.15) is 51.7 Å². The van der Waals surface area contributed by atoms with E-state index < -0.39 is 66.0 Å². The summed E-state index contributed by atoms with van der Waals surface area (Å²) in [6.45, 7) is 5.78. The van der Waals surface area contributed by atoms with E-state index >= 15 is 0 Å². The monoisotopic (exact) mass is 598 g/mol. The van der Waals surface area contributed by atoms with Gasteiger partial charge in [-0.1, -0.05) is 74.5 Å². The maximum Gasteiger partial charge on any atom is 0.408 e. The third-order valence-electron chi connectivity index (χ3n) is 6.80. The van der Waals surface area contributed by atoms with Gasteiger partial charge in [0.2, 0.25) is 11.8 Å². The molecule has 0 spiro atoms. The lowest BCUT2D eigenvalue weighted by molar-refractivity contribution is -0.161. The van der Waals surface area contributed by atoms with Crippen LogP contribution in [0.4, 0.5) is 4.79 Å². The minimum Gasteiger partial charge on any atom is -0.480 e. The van der Waals surface area contributed by atoms with Gasteiger partial charge in [-0.2, -0.15) is 0 Å². The fraction of sp³-hybridized carbons (Fsp3) is 0.452. The standard InChI is InChI=1S/C31H42N4O8/c1-19(2)27(30(40)41)35(26(37)16-15-25(36)24(32)17-22-11-7-5-8-12-22)29(39)21(4)33-28(38)20(3)34-31(42)43-18-23-13-9-6-10-14-23/h5-14,19-21,24-25,27,36H,15-18,32H2,1-4H3,(H,33,38)(H,34,42)(H,40,41). The predicted molar refractivity (Wildman–Crippen MR) is 158 cm³/mol. The van der Waals surface area contributed by atoms with Gasteiger partial charge >= 0.3 is 12.1 Å². The summed E-state index contributed by atoms with van der Waals surface area (Å²) in [6.07, 6.45) is -2.03. The van der Waals surface area contributed by atoms with Crippen molar-refractivity contribution in [1.82, 2.24) is 15.5 Å². The number of carboxylic acids is 1. The van der Waals surface area contributed by atoms with Gasteiger partial charge in [0, 0.05) is 12.5 Å². The average molecular weight is 599 g/mol. The fourth-order valence-corrected chi connectivity index (χ4v) is 4.35. The molecule has 0 radical (unpaired) electrons. The summed E-state index contributed by atoms with van der Waals surface area (Å²) < 4.78 is 5.11. The number of hydrogen-bond donors (Lipinski definition) is 5. The molecule has 0 fully saturated rings. The number of nitrogens with one attached hydrogen (secondary N) is 2. The van der Waals surface area contributed by atoms with E-state index in [0.717, 1.165) is 11.1 Å². The smallest absolute Gasteiger partial charge is 0.408 e. The zero-order valence-electron chi connectivity index (χ0n) is 24.9. The van der Waals surface area contributed by atoms with Crippen LogP contribution in [0.5, 0.6) is 0 Å². The molecule has 4 amide bonds. The molecular formula is C31H42N4O8. The normalized spacial score (nSPS) is 14.5. The molecule has 12 heteroatoms. The van der Waals surface area contributed by atoms with Gasteiger partial charge in [0.1, 0.15) is 24.7 Å². The molecule has 43 heavy (non-hydrogen) atoms. The second kappa shape index (κ2) is 17.0. The van der Waals surface area contributed by atoms with Crippen LogP contribution in [-0.4, -0.2) is 75.2 Å². The number of carboxylic acid groups (broad SMARTS) is 1. The molecule has 0 aromatic heterocycles. The van der Waals surface area contributed by atoms with Crippen molar-refractivity contribution in [1.29, 1.82) is 0 Å². The van der Waals surface area contributed by atoms with Crippen LogP contribution in [0.25, 0.3) is 0 Å². The highest BCUT2D eigenvalue weighted by molar-refractivity contribution is 6.02. The van der Waals surface area contributed by atoms with Crippen molar-refractivity contribution in [2.75, 3.05) is 0 Å². The van der Waals surface area contributed by atoms with Gasteiger partial charge in [-0.05, 0) is 43.7 Å². The van der Waals surface area contributed by atoms with Gasteiger partial charge < -0.3 is 31.3 Å². The predicted octanol–water partition coefficient (Wildman–Crippen LogP) is 1.98. The number of amides is 4. The summed E-state index contributed by atoms with van der Waals surface area (Å²) in [7, 11) is 0. The quantitative estimate of drug-likeness (QED) is 0.204. The van der Waals surface area contributed by atoms with E-state index in [9.17, 15) is 34.2 Å². The second-order valence-corrected chi connectivity index (χ2v) is 10.7. The Kier molecular flexibility index (Phi) is 13.8. The molecule has 2 aromatic carbocycles. The highest BCUT2D eigenvalue weighted by Gasteiger charge is 2.39. The second-order valence-electron chi connectivity index (χ2n) is 10.7. The molecule has 0 aliphatic heterocycles. The third-order valence-corrected chi connectivity index (χ3v) is 6.80. The Balaban J connectivity index is 2.03. The molecule has 5 unspecified atom stereocenters. The zero-order valence-corrected chi connectivity index (χ0v) is 24.9. The van der Waals surface area contributed by atoms with Crippen molar-refractivity contribution < 1.29 is 38.9 Å².